The number of rotatable bonds is 2. The van der Waals surface area contributed by atoms with Crippen molar-refractivity contribution in [2.24, 2.45) is 0 Å². The third-order valence-electron chi connectivity index (χ3n) is 3.26. The Balaban J connectivity index is 1.72. The molecule has 3 rings (SSSR count). The summed E-state index contributed by atoms with van der Waals surface area (Å²) in [7, 11) is 0. The summed E-state index contributed by atoms with van der Waals surface area (Å²) in [6, 6.07) is 11.3. The number of anilines is 2. The lowest BCUT2D eigenvalue weighted by Gasteiger charge is -2.19. The van der Waals surface area contributed by atoms with Gasteiger partial charge in [-0.2, -0.15) is 0 Å². The average Bonchev–Trinajstić information content (AvgIpc) is 2.51. The van der Waals surface area contributed by atoms with Crippen molar-refractivity contribution in [2.45, 2.75) is 6.92 Å². The van der Waals surface area contributed by atoms with E-state index in [1.807, 2.05) is 43.3 Å². The lowest BCUT2D eigenvalue weighted by Crippen LogP contribution is -2.20. The molecule has 114 valence electrons. The van der Waals surface area contributed by atoms with Gasteiger partial charge in [0.15, 0.2) is 16.6 Å². The SMILES string of the molecule is Cc1cccc(Cl)c1NC(=S)Nc1ccc2c(c1)OCCO2. The van der Waals surface area contributed by atoms with Crippen LogP contribution in [0.15, 0.2) is 36.4 Å². The molecule has 0 bridgehead atoms. The molecule has 1 heterocycles. The highest BCUT2D eigenvalue weighted by Gasteiger charge is 2.12. The second kappa shape index (κ2) is 6.42. The highest BCUT2D eigenvalue weighted by Crippen LogP contribution is 2.32. The van der Waals surface area contributed by atoms with E-state index in [0.717, 1.165) is 22.7 Å². The molecule has 0 amide bonds. The van der Waals surface area contributed by atoms with Crippen LogP contribution in [0.5, 0.6) is 11.5 Å². The number of aryl methyl sites for hydroxylation is 1. The van der Waals surface area contributed by atoms with Crippen molar-refractivity contribution >= 4 is 40.3 Å². The highest BCUT2D eigenvalue weighted by atomic mass is 35.5. The Labute approximate surface area is 139 Å². The first-order valence-corrected chi connectivity index (χ1v) is 7.65. The largest absolute Gasteiger partial charge is 0.486 e. The molecular formula is C16H15ClN2O2S. The van der Waals surface area contributed by atoms with Gasteiger partial charge < -0.3 is 20.1 Å². The molecule has 4 nitrogen and oxygen atoms in total. The summed E-state index contributed by atoms with van der Waals surface area (Å²) in [4.78, 5) is 0. The van der Waals surface area contributed by atoms with Gasteiger partial charge in [0.25, 0.3) is 0 Å². The predicted molar refractivity (Wildman–Crippen MR) is 93.5 cm³/mol. The Morgan fingerprint density at radius 1 is 1.09 bits per heavy atom. The van der Waals surface area contributed by atoms with E-state index >= 15 is 0 Å². The maximum absolute atomic E-state index is 6.18. The molecule has 0 aliphatic carbocycles. The summed E-state index contributed by atoms with van der Waals surface area (Å²) in [5.41, 5.74) is 2.66. The zero-order chi connectivity index (χ0) is 15.5. The molecule has 0 saturated heterocycles. The lowest BCUT2D eigenvalue weighted by molar-refractivity contribution is 0.171. The number of hydrogen-bond donors (Lipinski definition) is 2. The number of hydrogen-bond acceptors (Lipinski definition) is 3. The van der Waals surface area contributed by atoms with Crippen molar-refractivity contribution < 1.29 is 9.47 Å². The van der Waals surface area contributed by atoms with Crippen molar-refractivity contribution in [1.82, 2.24) is 0 Å². The predicted octanol–water partition coefficient (Wildman–Crippen LogP) is 4.23. The Morgan fingerprint density at radius 3 is 2.64 bits per heavy atom. The van der Waals surface area contributed by atoms with E-state index in [9.17, 15) is 0 Å². The zero-order valence-electron chi connectivity index (χ0n) is 12.0. The summed E-state index contributed by atoms with van der Waals surface area (Å²) in [6.07, 6.45) is 0. The number of halogens is 1. The van der Waals surface area contributed by atoms with Crippen LogP contribution in [0.4, 0.5) is 11.4 Å². The topological polar surface area (TPSA) is 42.5 Å². The first-order chi connectivity index (χ1) is 10.6. The normalized spacial score (nSPS) is 12.6. The van der Waals surface area contributed by atoms with Crippen LogP contribution in [0.3, 0.4) is 0 Å². The van der Waals surface area contributed by atoms with Crippen LogP contribution in [-0.4, -0.2) is 18.3 Å². The van der Waals surface area contributed by atoms with E-state index in [-0.39, 0.29) is 0 Å². The van der Waals surface area contributed by atoms with Gasteiger partial charge in [0.2, 0.25) is 0 Å². The van der Waals surface area contributed by atoms with Gasteiger partial charge in [0, 0.05) is 11.8 Å². The van der Waals surface area contributed by atoms with Crippen molar-refractivity contribution in [3.63, 3.8) is 0 Å². The molecule has 0 fully saturated rings. The number of nitrogens with one attached hydrogen (secondary N) is 2. The molecule has 1 aliphatic rings. The molecule has 0 unspecified atom stereocenters. The second-order valence-corrected chi connectivity index (χ2v) is 5.68. The maximum atomic E-state index is 6.18. The zero-order valence-corrected chi connectivity index (χ0v) is 13.6. The van der Waals surface area contributed by atoms with E-state index in [1.165, 1.54) is 0 Å². The summed E-state index contributed by atoms with van der Waals surface area (Å²) in [5.74, 6) is 1.46. The summed E-state index contributed by atoms with van der Waals surface area (Å²) >= 11 is 11.5. The molecule has 0 radical (unpaired) electrons. The minimum absolute atomic E-state index is 0.466. The molecule has 0 atom stereocenters. The summed E-state index contributed by atoms with van der Waals surface area (Å²) in [5, 5.41) is 7.34. The number of benzene rings is 2. The molecule has 2 N–H and O–H groups in total. The van der Waals surface area contributed by atoms with Gasteiger partial charge in [-0.05, 0) is 42.9 Å². The fourth-order valence-corrected chi connectivity index (χ4v) is 2.68. The number of fused-ring (bicyclic) bond motifs is 1. The first kappa shape index (κ1) is 14.9. The Bertz CT molecular complexity index is 701. The number of ether oxygens (including phenoxy) is 2. The van der Waals surface area contributed by atoms with Crippen molar-refractivity contribution in [3.8, 4) is 11.5 Å². The fourth-order valence-electron chi connectivity index (χ4n) is 2.19. The fraction of sp³-hybridized carbons (Fsp3) is 0.188. The Morgan fingerprint density at radius 2 is 1.86 bits per heavy atom. The minimum Gasteiger partial charge on any atom is -0.486 e. The molecule has 22 heavy (non-hydrogen) atoms. The smallest absolute Gasteiger partial charge is 0.175 e. The van der Waals surface area contributed by atoms with Gasteiger partial charge in [-0.15, -0.1) is 0 Å². The van der Waals surface area contributed by atoms with Gasteiger partial charge in [-0.25, -0.2) is 0 Å². The van der Waals surface area contributed by atoms with E-state index in [2.05, 4.69) is 10.6 Å². The molecule has 2 aromatic rings. The molecule has 2 aromatic carbocycles. The van der Waals surface area contributed by atoms with Crippen LogP contribution in [-0.2, 0) is 0 Å². The summed E-state index contributed by atoms with van der Waals surface area (Å²) in [6.45, 7) is 3.10. The van der Waals surface area contributed by atoms with Gasteiger partial charge in [0.05, 0.1) is 10.7 Å². The minimum atomic E-state index is 0.466. The average molecular weight is 335 g/mol. The highest BCUT2D eigenvalue weighted by molar-refractivity contribution is 7.80. The molecule has 0 spiro atoms. The Kier molecular flexibility index (Phi) is 4.36. The van der Waals surface area contributed by atoms with Crippen molar-refractivity contribution in [2.75, 3.05) is 23.8 Å². The lowest BCUT2D eigenvalue weighted by atomic mass is 10.2. The van der Waals surface area contributed by atoms with Gasteiger partial charge in [-0.1, -0.05) is 23.7 Å². The quantitative estimate of drug-likeness (QED) is 0.805. The molecule has 6 heteroatoms. The first-order valence-electron chi connectivity index (χ1n) is 6.86. The van der Waals surface area contributed by atoms with Crippen LogP contribution in [0.25, 0.3) is 0 Å². The van der Waals surface area contributed by atoms with Gasteiger partial charge in [0.1, 0.15) is 13.2 Å². The molecular weight excluding hydrogens is 320 g/mol. The van der Waals surface area contributed by atoms with Crippen LogP contribution in [0, 0.1) is 6.92 Å². The maximum Gasteiger partial charge on any atom is 0.175 e. The Hall–Kier alpha value is -1.98. The van der Waals surface area contributed by atoms with Gasteiger partial charge >= 0.3 is 0 Å². The van der Waals surface area contributed by atoms with E-state index in [1.54, 1.807) is 0 Å². The molecule has 1 aliphatic heterocycles. The number of para-hydroxylation sites is 1. The third-order valence-corrected chi connectivity index (χ3v) is 3.78. The second-order valence-electron chi connectivity index (χ2n) is 4.87. The van der Waals surface area contributed by atoms with Crippen molar-refractivity contribution in [1.29, 1.82) is 0 Å². The molecule has 0 saturated carbocycles. The van der Waals surface area contributed by atoms with Crippen LogP contribution in [0.2, 0.25) is 5.02 Å². The third kappa shape index (κ3) is 3.26. The standard InChI is InChI=1S/C16H15ClN2O2S/c1-10-3-2-4-12(17)15(10)19-16(22)18-11-5-6-13-14(9-11)21-8-7-20-13/h2-6,9H,7-8H2,1H3,(H2,18,19,22). The molecule has 0 aromatic heterocycles. The van der Waals surface area contributed by atoms with E-state index < -0.39 is 0 Å². The van der Waals surface area contributed by atoms with Crippen LogP contribution in [0.1, 0.15) is 5.56 Å². The van der Waals surface area contributed by atoms with E-state index in [0.29, 0.717) is 29.1 Å². The number of thiocarbonyl (C=S) groups is 1. The summed E-state index contributed by atoms with van der Waals surface area (Å²) < 4.78 is 11.0. The van der Waals surface area contributed by atoms with Crippen LogP contribution >= 0.6 is 23.8 Å². The van der Waals surface area contributed by atoms with E-state index in [4.69, 9.17) is 33.3 Å². The van der Waals surface area contributed by atoms with Crippen LogP contribution < -0.4 is 20.1 Å². The van der Waals surface area contributed by atoms with Crippen molar-refractivity contribution in [3.05, 3.63) is 47.0 Å². The monoisotopic (exact) mass is 334 g/mol. The van der Waals surface area contributed by atoms with Gasteiger partial charge in [-0.3, -0.25) is 0 Å².